The Balaban J connectivity index is 2.19. The average Bonchev–Trinajstić information content (AvgIpc) is 3.00. The molecule has 2 heterocycles. The van der Waals surface area contributed by atoms with Crippen molar-refractivity contribution in [1.82, 2.24) is 14.6 Å². The predicted molar refractivity (Wildman–Crippen MR) is 93.5 cm³/mol. The van der Waals surface area contributed by atoms with Crippen molar-refractivity contribution in [3.05, 3.63) is 30.2 Å². The lowest BCUT2D eigenvalue weighted by molar-refractivity contribution is 0.368. The first kappa shape index (κ1) is 18.4. The van der Waals surface area contributed by atoms with Gasteiger partial charge in [0.2, 0.25) is 11.8 Å². The third kappa shape index (κ3) is 3.35. The van der Waals surface area contributed by atoms with E-state index in [1.165, 1.54) is 29.8 Å². The van der Waals surface area contributed by atoms with Crippen LogP contribution in [0.25, 0.3) is 16.6 Å². The molecule has 11 heteroatoms. The van der Waals surface area contributed by atoms with E-state index in [-0.39, 0.29) is 34.3 Å². The molecule has 0 spiro atoms. The van der Waals surface area contributed by atoms with E-state index in [1.807, 2.05) is 0 Å². The molecule has 0 fully saturated rings. The van der Waals surface area contributed by atoms with Gasteiger partial charge in [0.05, 0.1) is 30.6 Å². The van der Waals surface area contributed by atoms with Gasteiger partial charge in [-0.2, -0.15) is 10.1 Å². The van der Waals surface area contributed by atoms with Crippen LogP contribution in [0.4, 0.5) is 30.5 Å². The number of nitrogens with one attached hydrogen (secondary N) is 2. The van der Waals surface area contributed by atoms with Gasteiger partial charge in [-0.25, -0.2) is 23.2 Å². The smallest absolute Gasteiger partial charge is 0.243 e. The van der Waals surface area contributed by atoms with Crippen LogP contribution in [0.2, 0.25) is 0 Å². The zero-order chi connectivity index (χ0) is 19.6. The summed E-state index contributed by atoms with van der Waals surface area (Å²) < 4.78 is 46.8. The number of fused-ring (bicyclic) bond motifs is 1. The highest BCUT2D eigenvalue weighted by Gasteiger charge is 2.21. The summed E-state index contributed by atoms with van der Waals surface area (Å²) in [5.74, 6) is -0.654. The van der Waals surface area contributed by atoms with Crippen molar-refractivity contribution < 1.29 is 17.9 Å². The molecule has 0 saturated heterocycles. The van der Waals surface area contributed by atoms with Crippen molar-refractivity contribution >= 4 is 22.8 Å². The van der Waals surface area contributed by atoms with Crippen LogP contribution in [-0.2, 0) is 0 Å². The van der Waals surface area contributed by atoms with Gasteiger partial charge in [-0.05, 0) is 17.7 Å². The molecule has 0 bridgehead atoms. The molecule has 27 heavy (non-hydrogen) atoms. The van der Waals surface area contributed by atoms with Crippen molar-refractivity contribution in [2.24, 2.45) is 5.11 Å². The number of nitrogens with two attached hydrogens (primary N) is 1. The highest BCUT2D eigenvalue weighted by molar-refractivity contribution is 5.87. The van der Waals surface area contributed by atoms with Crippen LogP contribution in [0.5, 0.6) is 5.88 Å². The minimum atomic E-state index is -1.10. The molecule has 0 radical (unpaired) electrons. The molecule has 4 N–H and O–H groups in total. The number of methoxy groups -OCH3 is 1. The van der Waals surface area contributed by atoms with Crippen LogP contribution in [-0.4, -0.2) is 41.1 Å². The second-order valence-corrected chi connectivity index (χ2v) is 5.62. The quantitative estimate of drug-likeness (QED) is 0.544. The van der Waals surface area contributed by atoms with E-state index in [9.17, 15) is 13.2 Å². The molecule has 142 valence electrons. The van der Waals surface area contributed by atoms with Crippen molar-refractivity contribution in [3.8, 4) is 17.0 Å². The largest absolute Gasteiger partial charge is 0.479 e. The van der Waals surface area contributed by atoms with Gasteiger partial charge in [-0.3, -0.25) is 0 Å². The molecule has 8 nitrogen and oxygen atoms in total. The lowest BCUT2D eigenvalue weighted by Crippen LogP contribution is -2.23. The second kappa shape index (κ2) is 7.48. The van der Waals surface area contributed by atoms with E-state index in [1.54, 1.807) is 0 Å². The van der Waals surface area contributed by atoms with Gasteiger partial charge in [0.15, 0.2) is 5.82 Å². The molecule has 3 aromatic rings. The van der Waals surface area contributed by atoms with E-state index in [0.717, 1.165) is 6.20 Å². The summed E-state index contributed by atoms with van der Waals surface area (Å²) in [5, 5.41) is 9.87. The van der Waals surface area contributed by atoms with Crippen LogP contribution in [0.3, 0.4) is 0 Å². The monoisotopic (exact) mass is 379 g/mol. The Labute approximate surface area is 151 Å². The minimum Gasteiger partial charge on any atom is -0.479 e. The third-order valence-electron chi connectivity index (χ3n) is 3.90. The second-order valence-electron chi connectivity index (χ2n) is 5.62. The highest BCUT2D eigenvalue weighted by Crippen LogP contribution is 2.37. The van der Waals surface area contributed by atoms with E-state index >= 15 is 0 Å². The average molecular weight is 379 g/mol. The Morgan fingerprint density at radius 3 is 2.74 bits per heavy atom. The number of aromatic nitrogens is 3. The summed E-state index contributed by atoms with van der Waals surface area (Å²) in [6.45, 7) is -1.91. The van der Waals surface area contributed by atoms with Gasteiger partial charge in [0.1, 0.15) is 24.6 Å². The van der Waals surface area contributed by atoms with Crippen molar-refractivity contribution in [2.75, 3.05) is 31.5 Å². The number of rotatable bonds is 7. The van der Waals surface area contributed by atoms with Crippen LogP contribution < -0.4 is 15.8 Å². The Bertz CT molecular complexity index is 988. The van der Waals surface area contributed by atoms with Gasteiger partial charge in [0.25, 0.3) is 0 Å². The summed E-state index contributed by atoms with van der Waals surface area (Å²) in [5.41, 5.74) is 13.9. The number of hydrogen-bond acceptors (Lipinski definition) is 7. The Kier molecular flexibility index (Phi) is 5.10. The molecule has 1 aromatic carbocycles. The summed E-state index contributed by atoms with van der Waals surface area (Å²) in [7, 11) is 1.36. The van der Waals surface area contributed by atoms with Crippen LogP contribution in [0, 0.1) is 11.3 Å². The van der Waals surface area contributed by atoms with Crippen LogP contribution >= 0.6 is 0 Å². The maximum absolute atomic E-state index is 14.7. The summed E-state index contributed by atoms with van der Waals surface area (Å²) >= 11 is 0. The van der Waals surface area contributed by atoms with E-state index in [0.29, 0.717) is 5.56 Å². The SMILES string of the molecule is COc1nc(N)nn2cc(F)c(-c3ccc(N=N)c(NC(CF)CF)c3)c12. The van der Waals surface area contributed by atoms with E-state index in [2.05, 4.69) is 20.5 Å². The molecule has 0 unspecified atom stereocenters. The molecule has 0 aliphatic rings. The molecule has 2 aromatic heterocycles. The maximum Gasteiger partial charge on any atom is 0.243 e. The Morgan fingerprint density at radius 2 is 2.11 bits per heavy atom. The first-order valence-electron chi connectivity index (χ1n) is 7.81. The highest BCUT2D eigenvalue weighted by atomic mass is 19.1. The normalized spacial score (nSPS) is 11.1. The third-order valence-corrected chi connectivity index (χ3v) is 3.90. The topological polar surface area (TPSA) is 114 Å². The summed E-state index contributed by atoms with van der Waals surface area (Å²) in [6.07, 6.45) is 1.12. The van der Waals surface area contributed by atoms with Gasteiger partial charge < -0.3 is 15.8 Å². The van der Waals surface area contributed by atoms with Gasteiger partial charge in [-0.1, -0.05) is 6.07 Å². The summed E-state index contributed by atoms with van der Waals surface area (Å²) in [6, 6.07) is 3.30. The lowest BCUT2D eigenvalue weighted by Gasteiger charge is -2.15. The molecular weight excluding hydrogens is 363 g/mol. The van der Waals surface area contributed by atoms with Crippen molar-refractivity contribution in [1.29, 1.82) is 5.53 Å². The first-order chi connectivity index (χ1) is 13.0. The molecule has 0 atom stereocenters. The fourth-order valence-corrected chi connectivity index (χ4v) is 2.70. The number of alkyl halides is 2. The van der Waals surface area contributed by atoms with E-state index < -0.39 is 25.2 Å². The number of nitrogen functional groups attached to an aromatic ring is 1. The number of benzene rings is 1. The first-order valence-corrected chi connectivity index (χ1v) is 7.81. The molecular formula is C16H16F3N7O. The number of anilines is 2. The zero-order valence-corrected chi connectivity index (χ0v) is 14.2. The number of hydrogen-bond donors (Lipinski definition) is 3. The summed E-state index contributed by atoms with van der Waals surface area (Å²) in [4.78, 5) is 3.94. The maximum atomic E-state index is 14.7. The Hall–Kier alpha value is -3.37. The van der Waals surface area contributed by atoms with Gasteiger partial charge in [0, 0.05) is 0 Å². The minimum absolute atomic E-state index is 0.0653. The van der Waals surface area contributed by atoms with Crippen LogP contribution in [0.15, 0.2) is 29.5 Å². The molecule has 0 aliphatic heterocycles. The Morgan fingerprint density at radius 1 is 1.37 bits per heavy atom. The van der Waals surface area contributed by atoms with Gasteiger partial charge >= 0.3 is 0 Å². The van der Waals surface area contributed by atoms with Crippen LogP contribution in [0.1, 0.15) is 0 Å². The van der Waals surface area contributed by atoms with Crippen molar-refractivity contribution in [3.63, 3.8) is 0 Å². The zero-order valence-electron chi connectivity index (χ0n) is 14.2. The fraction of sp³-hybridized carbons (Fsp3) is 0.250. The van der Waals surface area contributed by atoms with Gasteiger partial charge in [-0.15, -0.1) is 5.10 Å². The number of ether oxygens (including phenoxy) is 1. The number of nitrogens with zero attached hydrogens (tertiary/aromatic N) is 4. The lowest BCUT2D eigenvalue weighted by atomic mass is 10.0. The fourth-order valence-electron chi connectivity index (χ4n) is 2.70. The van der Waals surface area contributed by atoms with E-state index in [4.69, 9.17) is 16.0 Å². The molecule has 3 rings (SSSR count). The molecule has 0 aliphatic carbocycles. The van der Waals surface area contributed by atoms with Crippen molar-refractivity contribution in [2.45, 2.75) is 6.04 Å². The number of halogens is 3. The standard InChI is InChI=1S/C16H16F3N7O/c1-27-15-14-13(10(19)7-26(14)25-16(20)23-15)8-2-3-11(24-21)12(4-8)22-9(5-17)6-18/h2-4,7,9,21-22H,5-6H2,1H3,(H2,20,25). The molecule has 0 amide bonds. The predicted octanol–water partition coefficient (Wildman–Crippen LogP) is 3.51. The molecule has 0 saturated carbocycles.